The molecule has 4 nitrogen and oxygen atoms in total. The first kappa shape index (κ1) is 12.0. The van der Waals surface area contributed by atoms with Crippen LogP contribution in [0, 0.1) is 17.8 Å². The van der Waals surface area contributed by atoms with E-state index in [0.717, 1.165) is 0 Å². The van der Waals surface area contributed by atoms with Gasteiger partial charge in [0, 0.05) is 19.0 Å². The minimum Gasteiger partial charge on any atom is -0.481 e. The van der Waals surface area contributed by atoms with E-state index in [1.165, 1.54) is 0 Å². The van der Waals surface area contributed by atoms with Gasteiger partial charge in [-0.1, -0.05) is 20.8 Å². The van der Waals surface area contributed by atoms with Gasteiger partial charge in [0.15, 0.2) is 0 Å². The summed E-state index contributed by atoms with van der Waals surface area (Å²) in [4.78, 5) is 24.3. The number of carboxylic acids is 1. The molecule has 86 valence electrons. The zero-order valence-electron chi connectivity index (χ0n) is 9.56. The van der Waals surface area contributed by atoms with Crippen molar-refractivity contribution in [2.24, 2.45) is 17.8 Å². The van der Waals surface area contributed by atoms with Gasteiger partial charge >= 0.3 is 5.97 Å². The number of carboxylic acid groups (broad SMARTS) is 1. The van der Waals surface area contributed by atoms with Crippen LogP contribution in [-0.4, -0.2) is 35.0 Å². The minimum absolute atomic E-state index is 0.0162. The molecule has 0 spiro atoms. The molecule has 0 aromatic heterocycles. The molecule has 1 fully saturated rings. The third kappa shape index (κ3) is 2.70. The molecule has 1 heterocycles. The summed E-state index contributed by atoms with van der Waals surface area (Å²) in [6.07, 6.45) is 0.589. The van der Waals surface area contributed by atoms with Gasteiger partial charge in [-0.3, -0.25) is 9.59 Å². The molecule has 4 heteroatoms. The highest BCUT2D eigenvalue weighted by Gasteiger charge is 2.33. The summed E-state index contributed by atoms with van der Waals surface area (Å²) in [5, 5.41) is 8.82. The molecule has 1 saturated heterocycles. The standard InChI is InChI=1S/C11H19NO3/c1-7(2)8(3)10(13)12-5-4-9(6-12)11(14)15/h7-9H,4-6H2,1-3H3,(H,14,15). The van der Waals surface area contributed by atoms with Crippen LogP contribution >= 0.6 is 0 Å². The van der Waals surface area contributed by atoms with Crippen LogP contribution < -0.4 is 0 Å². The first-order chi connectivity index (χ1) is 6.93. The fourth-order valence-electron chi connectivity index (χ4n) is 1.74. The number of rotatable bonds is 3. The number of carbonyl (C=O) groups is 2. The zero-order chi connectivity index (χ0) is 11.6. The van der Waals surface area contributed by atoms with Gasteiger partial charge in [0.05, 0.1) is 5.92 Å². The van der Waals surface area contributed by atoms with E-state index in [0.29, 0.717) is 25.4 Å². The average Bonchev–Trinajstić information content (AvgIpc) is 2.64. The highest BCUT2D eigenvalue weighted by atomic mass is 16.4. The normalized spacial score (nSPS) is 23.2. The summed E-state index contributed by atoms with van der Waals surface area (Å²) in [7, 11) is 0. The second-order valence-electron chi connectivity index (χ2n) is 4.64. The second-order valence-corrected chi connectivity index (χ2v) is 4.64. The van der Waals surface area contributed by atoms with Crippen molar-refractivity contribution >= 4 is 11.9 Å². The molecule has 1 aliphatic heterocycles. The van der Waals surface area contributed by atoms with E-state index < -0.39 is 5.97 Å². The minimum atomic E-state index is -0.789. The first-order valence-electron chi connectivity index (χ1n) is 5.45. The Kier molecular flexibility index (Phi) is 3.72. The molecule has 2 unspecified atom stereocenters. The Morgan fingerprint density at radius 3 is 2.33 bits per heavy atom. The van der Waals surface area contributed by atoms with E-state index in [-0.39, 0.29) is 17.7 Å². The molecule has 2 atom stereocenters. The average molecular weight is 213 g/mol. The van der Waals surface area contributed by atoms with E-state index >= 15 is 0 Å². The molecule has 0 bridgehead atoms. The third-order valence-electron chi connectivity index (χ3n) is 3.24. The molecule has 0 aliphatic carbocycles. The van der Waals surface area contributed by atoms with Crippen LogP contribution in [0.25, 0.3) is 0 Å². The lowest BCUT2D eigenvalue weighted by molar-refractivity contribution is -0.141. The predicted molar refractivity (Wildman–Crippen MR) is 56.3 cm³/mol. The molecule has 1 rings (SSSR count). The van der Waals surface area contributed by atoms with Gasteiger partial charge in [-0.05, 0) is 12.3 Å². The first-order valence-corrected chi connectivity index (χ1v) is 5.45. The van der Waals surface area contributed by atoms with Gasteiger partial charge in [-0.2, -0.15) is 0 Å². The van der Waals surface area contributed by atoms with Crippen molar-refractivity contribution in [2.45, 2.75) is 27.2 Å². The number of amides is 1. The topological polar surface area (TPSA) is 57.6 Å². The number of aliphatic carboxylic acids is 1. The van der Waals surface area contributed by atoms with E-state index in [1.54, 1.807) is 4.90 Å². The molecule has 1 amide bonds. The SMILES string of the molecule is CC(C)C(C)C(=O)N1CCC(C(=O)O)C1. The van der Waals surface area contributed by atoms with Crippen LogP contribution in [0.4, 0.5) is 0 Å². The fraction of sp³-hybridized carbons (Fsp3) is 0.818. The Labute approximate surface area is 90.3 Å². The van der Waals surface area contributed by atoms with Crippen molar-refractivity contribution in [2.75, 3.05) is 13.1 Å². The maximum Gasteiger partial charge on any atom is 0.308 e. The number of nitrogens with zero attached hydrogens (tertiary/aromatic N) is 1. The van der Waals surface area contributed by atoms with Crippen molar-refractivity contribution in [3.05, 3.63) is 0 Å². The summed E-state index contributed by atoms with van der Waals surface area (Å²) < 4.78 is 0. The van der Waals surface area contributed by atoms with Crippen LogP contribution in [0.2, 0.25) is 0 Å². The molecule has 1 aliphatic rings. The fourth-order valence-corrected chi connectivity index (χ4v) is 1.74. The monoisotopic (exact) mass is 213 g/mol. The summed E-state index contributed by atoms with van der Waals surface area (Å²) in [6, 6.07) is 0. The lowest BCUT2D eigenvalue weighted by atomic mass is 9.97. The Morgan fingerprint density at radius 1 is 1.33 bits per heavy atom. The Morgan fingerprint density at radius 2 is 1.93 bits per heavy atom. The third-order valence-corrected chi connectivity index (χ3v) is 3.24. The van der Waals surface area contributed by atoms with Crippen LogP contribution in [0.3, 0.4) is 0 Å². The number of hydrogen-bond acceptors (Lipinski definition) is 2. The maximum atomic E-state index is 11.9. The highest BCUT2D eigenvalue weighted by Crippen LogP contribution is 2.21. The maximum absolute atomic E-state index is 11.9. The Hall–Kier alpha value is -1.06. The Bertz CT molecular complexity index is 263. The summed E-state index contributed by atoms with van der Waals surface area (Å²) in [5.74, 6) is -0.775. The highest BCUT2D eigenvalue weighted by molar-refractivity contribution is 5.80. The lowest BCUT2D eigenvalue weighted by Gasteiger charge is -2.22. The van der Waals surface area contributed by atoms with E-state index in [4.69, 9.17) is 5.11 Å². The largest absolute Gasteiger partial charge is 0.481 e. The smallest absolute Gasteiger partial charge is 0.308 e. The van der Waals surface area contributed by atoms with Crippen LogP contribution in [0.15, 0.2) is 0 Å². The van der Waals surface area contributed by atoms with Gasteiger partial charge < -0.3 is 10.0 Å². The van der Waals surface area contributed by atoms with Crippen molar-refractivity contribution in [1.82, 2.24) is 4.90 Å². The molecular weight excluding hydrogens is 194 g/mol. The number of likely N-dealkylation sites (tertiary alicyclic amines) is 1. The van der Waals surface area contributed by atoms with Crippen molar-refractivity contribution in [1.29, 1.82) is 0 Å². The van der Waals surface area contributed by atoms with Gasteiger partial charge in [-0.15, -0.1) is 0 Å². The van der Waals surface area contributed by atoms with Gasteiger partial charge in [0.2, 0.25) is 5.91 Å². The van der Waals surface area contributed by atoms with Crippen molar-refractivity contribution in [3.63, 3.8) is 0 Å². The lowest BCUT2D eigenvalue weighted by Crippen LogP contribution is -2.35. The molecular formula is C11H19NO3. The Balaban J connectivity index is 2.54. The van der Waals surface area contributed by atoms with Crippen LogP contribution in [0.5, 0.6) is 0 Å². The van der Waals surface area contributed by atoms with Crippen LogP contribution in [-0.2, 0) is 9.59 Å². The molecule has 1 N–H and O–H groups in total. The van der Waals surface area contributed by atoms with Gasteiger partial charge in [0.1, 0.15) is 0 Å². The van der Waals surface area contributed by atoms with Crippen molar-refractivity contribution in [3.8, 4) is 0 Å². The zero-order valence-corrected chi connectivity index (χ0v) is 9.56. The summed E-state index contributed by atoms with van der Waals surface area (Å²) in [6.45, 7) is 6.89. The van der Waals surface area contributed by atoms with E-state index in [9.17, 15) is 9.59 Å². The van der Waals surface area contributed by atoms with Crippen molar-refractivity contribution < 1.29 is 14.7 Å². The summed E-state index contributed by atoms with van der Waals surface area (Å²) >= 11 is 0. The van der Waals surface area contributed by atoms with Gasteiger partial charge in [0.25, 0.3) is 0 Å². The number of hydrogen-bond donors (Lipinski definition) is 1. The molecule has 0 aromatic carbocycles. The summed E-state index contributed by atoms with van der Waals surface area (Å²) in [5.41, 5.74) is 0. The molecule has 0 saturated carbocycles. The second kappa shape index (κ2) is 4.64. The molecule has 0 radical (unpaired) electrons. The molecule has 15 heavy (non-hydrogen) atoms. The predicted octanol–water partition coefficient (Wildman–Crippen LogP) is 1.21. The number of carbonyl (C=O) groups excluding carboxylic acids is 1. The van der Waals surface area contributed by atoms with E-state index in [1.807, 2.05) is 20.8 Å². The molecule has 0 aromatic rings. The van der Waals surface area contributed by atoms with Gasteiger partial charge in [-0.25, -0.2) is 0 Å². The van der Waals surface area contributed by atoms with E-state index in [2.05, 4.69) is 0 Å². The quantitative estimate of drug-likeness (QED) is 0.766. The van der Waals surface area contributed by atoms with Crippen LogP contribution in [0.1, 0.15) is 27.2 Å².